The van der Waals surface area contributed by atoms with Crippen LogP contribution in [0.2, 0.25) is 0 Å². The highest BCUT2D eigenvalue weighted by atomic mass is 15.0. The van der Waals surface area contributed by atoms with Gasteiger partial charge < -0.3 is 9.13 Å². The maximum Gasteiger partial charge on any atom is 0.0631 e. The Morgan fingerprint density at radius 1 is 0.194 bits per heavy atom. The first-order chi connectivity index (χ1) is 30.8. The Bertz CT molecular complexity index is 3370. The molecule has 0 unspecified atom stereocenters. The number of para-hydroxylation sites is 4. The molecule has 0 N–H and O–H groups in total. The molecule has 2 aromatic heterocycles. The van der Waals surface area contributed by atoms with E-state index >= 15 is 0 Å². The Balaban J connectivity index is 1.29. The summed E-state index contributed by atoms with van der Waals surface area (Å²) in [5.74, 6) is 0. The minimum Gasteiger partial charge on any atom is -0.309 e. The van der Waals surface area contributed by atoms with Gasteiger partial charge in [0, 0.05) is 49.5 Å². The highest BCUT2D eigenvalue weighted by molar-refractivity contribution is 6.16. The van der Waals surface area contributed by atoms with Crippen LogP contribution in [0.5, 0.6) is 0 Å². The van der Waals surface area contributed by atoms with Crippen molar-refractivity contribution < 1.29 is 0 Å². The predicted octanol–water partition coefficient (Wildman–Crippen LogP) is 16.2. The van der Waals surface area contributed by atoms with Crippen LogP contribution < -0.4 is 0 Å². The minimum atomic E-state index is 1.13. The Morgan fingerprint density at radius 3 is 0.806 bits per heavy atom. The van der Waals surface area contributed by atoms with Crippen LogP contribution in [0.3, 0.4) is 0 Å². The van der Waals surface area contributed by atoms with Gasteiger partial charge in [0.25, 0.3) is 0 Å². The van der Waals surface area contributed by atoms with Gasteiger partial charge in [-0.15, -0.1) is 0 Å². The molecule has 62 heavy (non-hydrogen) atoms. The van der Waals surface area contributed by atoms with E-state index in [4.69, 9.17) is 0 Å². The Hall–Kier alpha value is -8.20. The lowest BCUT2D eigenvalue weighted by Gasteiger charge is -2.29. The number of nitrogens with zero attached hydrogens (tertiary/aromatic N) is 2. The zero-order chi connectivity index (χ0) is 41.0. The quantitative estimate of drug-likeness (QED) is 0.152. The molecule has 0 saturated carbocycles. The Morgan fingerprint density at radius 2 is 0.452 bits per heavy atom. The van der Waals surface area contributed by atoms with Crippen LogP contribution in [0.1, 0.15) is 0 Å². The highest BCUT2D eigenvalue weighted by Crippen LogP contribution is 2.55. The van der Waals surface area contributed by atoms with Crippen LogP contribution in [-0.4, -0.2) is 9.13 Å². The number of aromatic nitrogens is 2. The third-order valence-corrected chi connectivity index (χ3v) is 12.5. The fourth-order valence-corrected chi connectivity index (χ4v) is 9.95. The van der Waals surface area contributed by atoms with Gasteiger partial charge in [-0.25, -0.2) is 0 Å². The Labute approximate surface area is 360 Å². The fourth-order valence-electron chi connectivity index (χ4n) is 9.95. The third kappa shape index (κ3) is 5.65. The molecular formula is C60H40N2. The summed E-state index contributed by atoms with van der Waals surface area (Å²) in [5.41, 5.74) is 18.7. The number of rotatable bonds is 7. The van der Waals surface area contributed by atoms with Crippen molar-refractivity contribution in [2.24, 2.45) is 0 Å². The molecular weight excluding hydrogens is 749 g/mol. The van der Waals surface area contributed by atoms with E-state index in [-0.39, 0.29) is 0 Å². The lowest BCUT2D eigenvalue weighted by atomic mass is 9.77. The van der Waals surface area contributed by atoms with Gasteiger partial charge in [0.05, 0.1) is 27.8 Å². The molecule has 2 heteroatoms. The third-order valence-electron chi connectivity index (χ3n) is 12.5. The molecule has 0 saturated heterocycles. The van der Waals surface area contributed by atoms with Gasteiger partial charge in [0.1, 0.15) is 0 Å². The molecule has 0 aliphatic heterocycles. The molecule has 0 fully saturated rings. The molecule has 0 radical (unpaired) electrons. The summed E-state index contributed by atoms with van der Waals surface area (Å²) in [5, 5.41) is 4.97. The zero-order valence-corrected chi connectivity index (χ0v) is 34.0. The molecule has 290 valence electrons. The molecule has 2 nitrogen and oxygen atoms in total. The van der Waals surface area contributed by atoms with Gasteiger partial charge in [0.2, 0.25) is 0 Å². The first-order valence-electron chi connectivity index (χ1n) is 21.4. The van der Waals surface area contributed by atoms with Crippen molar-refractivity contribution in [1.29, 1.82) is 0 Å². The molecule has 0 aliphatic rings. The van der Waals surface area contributed by atoms with Crippen LogP contribution in [0.25, 0.3) is 111 Å². The SMILES string of the molecule is c1ccc(-c2c(-c3ccc(-n4c5ccccc5c5ccccc54)cc3)c(-c3ccccc3)c(-c3ccccc3)c(-n3c4ccccc4c4ccccc43)c2-c2ccccc2)cc1. The van der Waals surface area contributed by atoms with Gasteiger partial charge in [-0.3, -0.25) is 0 Å². The van der Waals surface area contributed by atoms with E-state index < -0.39 is 0 Å². The van der Waals surface area contributed by atoms with E-state index in [0.29, 0.717) is 0 Å². The molecule has 12 aromatic rings. The smallest absolute Gasteiger partial charge is 0.0631 e. The molecule has 0 aliphatic carbocycles. The number of benzene rings is 10. The summed E-state index contributed by atoms with van der Waals surface area (Å²) in [7, 11) is 0. The normalized spacial score (nSPS) is 11.5. The van der Waals surface area contributed by atoms with Gasteiger partial charge in [-0.1, -0.05) is 206 Å². The van der Waals surface area contributed by atoms with Crippen LogP contribution in [0.4, 0.5) is 0 Å². The monoisotopic (exact) mass is 788 g/mol. The van der Waals surface area contributed by atoms with Crippen LogP contribution in [0, 0.1) is 0 Å². The maximum atomic E-state index is 2.54. The van der Waals surface area contributed by atoms with Crippen molar-refractivity contribution in [1.82, 2.24) is 9.13 Å². The van der Waals surface area contributed by atoms with E-state index in [1.807, 2.05) is 0 Å². The molecule has 12 rings (SSSR count). The van der Waals surface area contributed by atoms with Crippen molar-refractivity contribution >= 4 is 43.6 Å². The second-order valence-electron chi connectivity index (χ2n) is 16.0. The summed E-state index contributed by atoms with van der Waals surface area (Å²) < 4.78 is 4.95. The van der Waals surface area contributed by atoms with Crippen LogP contribution in [0.15, 0.2) is 243 Å². The molecule has 2 heterocycles. The van der Waals surface area contributed by atoms with Gasteiger partial charge in [-0.05, 0) is 69.8 Å². The summed E-state index contributed by atoms with van der Waals surface area (Å²) in [6.45, 7) is 0. The van der Waals surface area contributed by atoms with Crippen LogP contribution in [-0.2, 0) is 0 Å². The predicted molar refractivity (Wildman–Crippen MR) is 262 cm³/mol. The lowest BCUT2D eigenvalue weighted by Crippen LogP contribution is -2.07. The van der Waals surface area contributed by atoms with Crippen molar-refractivity contribution in [2.45, 2.75) is 0 Å². The van der Waals surface area contributed by atoms with E-state index in [1.165, 1.54) is 71.4 Å². The van der Waals surface area contributed by atoms with Gasteiger partial charge in [-0.2, -0.15) is 0 Å². The minimum absolute atomic E-state index is 1.13. The fraction of sp³-hybridized carbons (Fsp3) is 0. The van der Waals surface area contributed by atoms with Gasteiger partial charge >= 0.3 is 0 Å². The number of hydrogen-bond donors (Lipinski definition) is 0. The summed E-state index contributed by atoms with van der Waals surface area (Å²) in [6, 6.07) is 88.7. The molecule has 0 bridgehead atoms. The van der Waals surface area contributed by atoms with Crippen molar-refractivity contribution in [3.8, 4) is 67.0 Å². The Kier molecular flexibility index (Phi) is 8.53. The topological polar surface area (TPSA) is 9.86 Å². The van der Waals surface area contributed by atoms with Crippen LogP contribution >= 0.6 is 0 Å². The zero-order valence-electron chi connectivity index (χ0n) is 34.0. The number of fused-ring (bicyclic) bond motifs is 6. The van der Waals surface area contributed by atoms with Gasteiger partial charge in [0.15, 0.2) is 0 Å². The van der Waals surface area contributed by atoms with Crippen molar-refractivity contribution in [2.75, 3.05) is 0 Å². The first-order valence-corrected chi connectivity index (χ1v) is 21.4. The van der Waals surface area contributed by atoms with E-state index in [1.54, 1.807) is 0 Å². The maximum absolute atomic E-state index is 2.54. The largest absolute Gasteiger partial charge is 0.309 e. The van der Waals surface area contributed by atoms with Crippen molar-refractivity contribution in [3.05, 3.63) is 243 Å². The van der Waals surface area contributed by atoms with E-state index in [2.05, 4.69) is 252 Å². The summed E-state index contributed by atoms with van der Waals surface area (Å²) >= 11 is 0. The molecule has 0 atom stereocenters. The summed E-state index contributed by atoms with van der Waals surface area (Å²) in [6.07, 6.45) is 0. The average molecular weight is 789 g/mol. The van der Waals surface area contributed by atoms with E-state index in [9.17, 15) is 0 Å². The lowest BCUT2D eigenvalue weighted by molar-refractivity contribution is 1.18. The molecule has 0 spiro atoms. The average Bonchev–Trinajstić information content (AvgIpc) is 3.87. The number of hydrogen-bond acceptors (Lipinski definition) is 0. The second kappa shape index (κ2) is 14.8. The summed E-state index contributed by atoms with van der Waals surface area (Å²) in [4.78, 5) is 0. The van der Waals surface area contributed by atoms with Crippen molar-refractivity contribution in [3.63, 3.8) is 0 Å². The molecule has 0 amide bonds. The second-order valence-corrected chi connectivity index (χ2v) is 16.0. The molecule has 10 aromatic carbocycles. The standard InChI is InChI=1S/C60H40N2/c1-5-21-41(22-6-1)56-55(45-37-39-46(40-38-45)61-51-33-17-13-29-47(51)48-30-14-18-34-52(48)61)57(42-23-7-2-8-24-42)59(44-27-11-4-12-28-44)60(58(56)43-25-9-3-10-26-43)62-53-35-19-15-31-49(53)50-32-16-20-36-54(50)62/h1-40H. The van der Waals surface area contributed by atoms with E-state index in [0.717, 1.165) is 39.2 Å². The highest BCUT2D eigenvalue weighted by Gasteiger charge is 2.31. The first kappa shape index (κ1) is 35.7.